The van der Waals surface area contributed by atoms with Crippen LogP contribution in [0.15, 0.2) is 47.0 Å². The lowest BCUT2D eigenvalue weighted by Gasteiger charge is -2.40. The molecule has 3 aromatic heterocycles. The fourth-order valence-electron chi connectivity index (χ4n) is 3.93. The number of benzene rings is 1. The van der Waals surface area contributed by atoms with Crippen molar-refractivity contribution in [3.8, 4) is 17.3 Å². The lowest BCUT2D eigenvalue weighted by atomic mass is 10.0. The van der Waals surface area contributed by atoms with Crippen molar-refractivity contribution >= 4 is 22.3 Å². The smallest absolute Gasteiger partial charge is 0.231 e. The number of piperazine rings is 1. The lowest BCUT2D eigenvalue weighted by molar-refractivity contribution is 0.353. The van der Waals surface area contributed by atoms with Gasteiger partial charge in [0.25, 0.3) is 0 Å². The van der Waals surface area contributed by atoms with Crippen molar-refractivity contribution in [2.45, 2.75) is 19.4 Å². The van der Waals surface area contributed by atoms with Gasteiger partial charge in [-0.25, -0.2) is 9.50 Å². The van der Waals surface area contributed by atoms with Crippen molar-refractivity contribution in [3.63, 3.8) is 0 Å². The van der Waals surface area contributed by atoms with E-state index in [0.29, 0.717) is 5.88 Å². The minimum Gasteiger partial charge on any atom is -0.480 e. The molecule has 4 heterocycles. The van der Waals surface area contributed by atoms with Crippen molar-refractivity contribution in [2.75, 3.05) is 31.6 Å². The predicted molar refractivity (Wildman–Crippen MR) is 109 cm³/mol. The van der Waals surface area contributed by atoms with Crippen LogP contribution in [0.2, 0.25) is 0 Å². The molecule has 1 aromatic carbocycles. The maximum Gasteiger partial charge on any atom is 0.231 e. The Balaban J connectivity index is 1.61. The summed E-state index contributed by atoms with van der Waals surface area (Å²) in [5, 5.41) is 9.16. The molecule has 0 saturated carbocycles. The minimum atomic E-state index is 0.0785. The number of nitrogens with zero attached hydrogens (tertiary/aromatic N) is 4. The van der Waals surface area contributed by atoms with Crippen LogP contribution in [-0.4, -0.2) is 46.9 Å². The van der Waals surface area contributed by atoms with Crippen LogP contribution in [0, 0.1) is 0 Å². The molecule has 1 aliphatic rings. The molecule has 144 valence electrons. The first-order chi connectivity index (χ1) is 13.5. The Labute approximate surface area is 162 Å². The van der Waals surface area contributed by atoms with Crippen LogP contribution in [-0.2, 0) is 0 Å². The summed E-state index contributed by atoms with van der Waals surface area (Å²) in [6.07, 6.45) is 1.78. The quantitative estimate of drug-likeness (QED) is 0.591. The highest BCUT2D eigenvalue weighted by Crippen LogP contribution is 2.35. The number of ether oxygens (including phenoxy) is 1. The first kappa shape index (κ1) is 17.1. The molecular formula is C21H23N5O2. The average Bonchev–Trinajstić information content (AvgIpc) is 3.29. The largest absolute Gasteiger partial charge is 0.480 e. The molecule has 5 rings (SSSR count). The number of rotatable bonds is 3. The van der Waals surface area contributed by atoms with E-state index in [4.69, 9.17) is 9.15 Å². The van der Waals surface area contributed by atoms with Crippen LogP contribution in [0.1, 0.15) is 13.8 Å². The Morgan fingerprint density at radius 1 is 1.21 bits per heavy atom. The molecular weight excluding hydrogens is 354 g/mol. The summed E-state index contributed by atoms with van der Waals surface area (Å²) >= 11 is 0. The van der Waals surface area contributed by atoms with E-state index in [1.807, 2.05) is 12.1 Å². The van der Waals surface area contributed by atoms with E-state index in [2.05, 4.69) is 52.3 Å². The van der Waals surface area contributed by atoms with Gasteiger partial charge < -0.3 is 19.4 Å². The fraction of sp³-hybridized carbons (Fsp3) is 0.333. The maximum atomic E-state index is 6.19. The van der Waals surface area contributed by atoms with Crippen molar-refractivity contribution in [3.05, 3.63) is 42.6 Å². The zero-order chi connectivity index (χ0) is 19.3. The third-order valence-corrected chi connectivity index (χ3v) is 5.25. The zero-order valence-electron chi connectivity index (χ0n) is 16.3. The standard InChI is InChI=1S/C21H23N5O2/c1-21(2)13-25(10-9-23-21)15-5-4-6-17-14(15)11-18(28-17)16-12-22-19-7-8-20(27-3)24-26(16)19/h4-8,11-12,23H,9-10,13H2,1-3H3. The Kier molecular flexibility index (Phi) is 3.80. The monoisotopic (exact) mass is 377 g/mol. The van der Waals surface area contributed by atoms with Gasteiger partial charge in [0.15, 0.2) is 11.4 Å². The van der Waals surface area contributed by atoms with Gasteiger partial charge in [-0.15, -0.1) is 5.10 Å². The van der Waals surface area contributed by atoms with Gasteiger partial charge in [-0.3, -0.25) is 0 Å². The fourth-order valence-corrected chi connectivity index (χ4v) is 3.93. The summed E-state index contributed by atoms with van der Waals surface area (Å²) in [5.74, 6) is 1.27. The maximum absolute atomic E-state index is 6.19. The number of hydrogen-bond donors (Lipinski definition) is 1. The van der Waals surface area contributed by atoms with Gasteiger partial charge in [0, 0.05) is 42.3 Å². The molecule has 7 heteroatoms. The van der Waals surface area contributed by atoms with Gasteiger partial charge in [-0.1, -0.05) is 6.07 Å². The van der Waals surface area contributed by atoms with Crippen molar-refractivity contribution < 1.29 is 9.15 Å². The van der Waals surface area contributed by atoms with E-state index in [1.165, 1.54) is 5.69 Å². The highest BCUT2D eigenvalue weighted by Gasteiger charge is 2.27. The number of nitrogens with one attached hydrogen (secondary N) is 1. The van der Waals surface area contributed by atoms with Crippen LogP contribution in [0.25, 0.3) is 28.1 Å². The van der Waals surface area contributed by atoms with E-state index in [0.717, 1.165) is 47.7 Å². The molecule has 0 amide bonds. The van der Waals surface area contributed by atoms with Gasteiger partial charge in [0.05, 0.1) is 13.3 Å². The summed E-state index contributed by atoms with van der Waals surface area (Å²) in [6.45, 7) is 7.35. The van der Waals surface area contributed by atoms with Gasteiger partial charge in [-0.2, -0.15) is 0 Å². The molecule has 4 aromatic rings. The molecule has 1 N–H and O–H groups in total. The second-order valence-electron chi connectivity index (χ2n) is 7.82. The molecule has 0 aliphatic carbocycles. The van der Waals surface area contributed by atoms with Crippen molar-refractivity contribution in [2.24, 2.45) is 0 Å². The third-order valence-electron chi connectivity index (χ3n) is 5.25. The van der Waals surface area contributed by atoms with Crippen LogP contribution < -0.4 is 15.0 Å². The third kappa shape index (κ3) is 2.79. The summed E-state index contributed by atoms with van der Waals surface area (Å²) in [5.41, 5.74) is 3.69. The Morgan fingerprint density at radius 2 is 2.11 bits per heavy atom. The topological polar surface area (TPSA) is 67.8 Å². The molecule has 28 heavy (non-hydrogen) atoms. The van der Waals surface area contributed by atoms with E-state index >= 15 is 0 Å². The number of aromatic nitrogens is 3. The number of imidazole rings is 1. The van der Waals surface area contributed by atoms with E-state index in [1.54, 1.807) is 23.9 Å². The molecule has 1 saturated heterocycles. The number of fused-ring (bicyclic) bond motifs is 2. The Hall–Kier alpha value is -3.06. The number of methoxy groups -OCH3 is 1. The van der Waals surface area contributed by atoms with Gasteiger partial charge in [0.1, 0.15) is 11.3 Å². The predicted octanol–water partition coefficient (Wildman–Crippen LogP) is 3.34. The summed E-state index contributed by atoms with van der Waals surface area (Å²) in [6, 6.07) is 12.0. The van der Waals surface area contributed by atoms with Crippen LogP contribution in [0.4, 0.5) is 5.69 Å². The average molecular weight is 377 g/mol. The number of furan rings is 1. The van der Waals surface area contributed by atoms with Crippen LogP contribution in [0.5, 0.6) is 5.88 Å². The van der Waals surface area contributed by atoms with Gasteiger partial charge >= 0.3 is 0 Å². The highest BCUT2D eigenvalue weighted by molar-refractivity contribution is 5.94. The van der Waals surface area contributed by atoms with Crippen molar-refractivity contribution in [1.29, 1.82) is 0 Å². The number of anilines is 1. The molecule has 0 radical (unpaired) electrons. The summed E-state index contributed by atoms with van der Waals surface area (Å²) in [4.78, 5) is 6.86. The first-order valence-corrected chi connectivity index (χ1v) is 9.46. The lowest BCUT2D eigenvalue weighted by Crippen LogP contribution is -2.57. The second kappa shape index (κ2) is 6.24. The van der Waals surface area contributed by atoms with Gasteiger partial charge in [0.2, 0.25) is 5.88 Å². The van der Waals surface area contributed by atoms with E-state index in [9.17, 15) is 0 Å². The van der Waals surface area contributed by atoms with E-state index in [-0.39, 0.29) is 5.54 Å². The van der Waals surface area contributed by atoms with Crippen molar-refractivity contribution in [1.82, 2.24) is 19.9 Å². The minimum absolute atomic E-state index is 0.0785. The first-order valence-electron chi connectivity index (χ1n) is 9.46. The SMILES string of the molecule is COc1ccc2ncc(-c3cc4c(N5CCNC(C)(C)C5)cccc4o3)n2n1. The molecule has 1 aliphatic heterocycles. The van der Waals surface area contributed by atoms with E-state index < -0.39 is 0 Å². The highest BCUT2D eigenvalue weighted by atomic mass is 16.5. The number of hydrogen-bond acceptors (Lipinski definition) is 6. The molecule has 0 unspecified atom stereocenters. The van der Waals surface area contributed by atoms with Gasteiger partial charge in [-0.05, 0) is 38.1 Å². The van der Waals surface area contributed by atoms with Crippen LogP contribution >= 0.6 is 0 Å². The Morgan fingerprint density at radius 3 is 2.93 bits per heavy atom. The molecule has 0 spiro atoms. The zero-order valence-corrected chi connectivity index (χ0v) is 16.3. The summed E-state index contributed by atoms with van der Waals surface area (Å²) in [7, 11) is 1.60. The Bertz CT molecular complexity index is 1160. The molecule has 7 nitrogen and oxygen atoms in total. The second-order valence-corrected chi connectivity index (χ2v) is 7.82. The van der Waals surface area contributed by atoms with Crippen LogP contribution in [0.3, 0.4) is 0 Å². The molecule has 1 fully saturated rings. The summed E-state index contributed by atoms with van der Waals surface area (Å²) < 4.78 is 13.2. The molecule has 0 bridgehead atoms. The molecule has 0 atom stereocenters. The normalized spacial score (nSPS) is 16.8.